The molecule has 2 unspecified atom stereocenters. The van der Waals surface area contributed by atoms with E-state index in [0.717, 1.165) is 0 Å². The summed E-state index contributed by atoms with van der Waals surface area (Å²) in [5.41, 5.74) is -0.128. The van der Waals surface area contributed by atoms with Crippen molar-refractivity contribution in [3.8, 4) is 0 Å². The SMILES string of the molecule is CS(=O)c1cc(S(C)=O)c2oc3ccc(C(=O)O)cc3c(=O)c2c1.[Ca+2].[H-].[H-]. The zero-order valence-corrected chi connectivity index (χ0v) is 17.2. The van der Waals surface area contributed by atoms with Crippen molar-refractivity contribution in [2.75, 3.05) is 12.5 Å². The van der Waals surface area contributed by atoms with Gasteiger partial charge in [-0.25, -0.2) is 4.79 Å². The number of carbonyl (C=O) groups is 1. The maximum Gasteiger partial charge on any atom is 2.00 e. The van der Waals surface area contributed by atoms with Crippen molar-refractivity contribution in [3.05, 3.63) is 46.1 Å². The first-order chi connectivity index (χ1) is 11.3. The van der Waals surface area contributed by atoms with E-state index in [1.807, 2.05) is 0 Å². The number of hydrogen-bond acceptors (Lipinski definition) is 5. The molecule has 25 heavy (non-hydrogen) atoms. The minimum atomic E-state index is -1.45. The predicted molar refractivity (Wildman–Crippen MR) is 99.6 cm³/mol. The summed E-state index contributed by atoms with van der Waals surface area (Å²) in [4.78, 5) is 24.5. The second kappa shape index (κ2) is 7.67. The minimum absolute atomic E-state index is 0. The van der Waals surface area contributed by atoms with Crippen LogP contribution in [0.15, 0.2) is 49.3 Å². The summed E-state index contributed by atoms with van der Waals surface area (Å²) in [6, 6.07) is 6.89. The topological polar surface area (TPSA) is 102 Å². The Morgan fingerprint density at radius 3 is 2.32 bits per heavy atom. The summed E-state index contributed by atoms with van der Waals surface area (Å²) in [5, 5.41) is 9.30. The molecule has 1 heterocycles. The Bertz CT molecular complexity index is 1130. The van der Waals surface area contributed by atoms with Gasteiger partial charge in [-0.15, -0.1) is 0 Å². The quantitative estimate of drug-likeness (QED) is 0.527. The Balaban J connectivity index is 0.00000225. The third-order valence-corrected chi connectivity index (χ3v) is 5.42. The average molecular weight is 406 g/mol. The van der Waals surface area contributed by atoms with E-state index in [1.54, 1.807) is 0 Å². The molecule has 0 radical (unpaired) electrons. The first-order valence-electron chi connectivity index (χ1n) is 6.74. The van der Waals surface area contributed by atoms with Gasteiger partial charge in [0.1, 0.15) is 5.58 Å². The van der Waals surface area contributed by atoms with E-state index in [9.17, 15) is 18.0 Å². The maximum absolute atomic E-state index is 12.8. The molecule has 0 saturated heterocycles. The van der Waals surface area contributed by atoms with Crippen LogP contribution in [0.2, 0.25) is 0 Å². The molecule has 0 spiro atoms. The van der Waals surface area contributed by atoms with E-state index < -0.39 is 33.0 Å². The van der Waals surface area contributed by atoms with Crippen LogP contribution < -0.4 is 5.43 Å². The fourth-order valence-electron chi connectivity index (χ4n) is 2.41. The van der Waals surface area contributed by atoms with Crippen LogP contribution in [0.4, 0.5) is 0 Å². The van der Waals surface area contributed by atoms with E-state index in [0.29, 0.717) is 4.90 Å². The molecule has 9 heteroatoms. The Hall–Kier alpha value is -1.06. The van der Waals surface area contributed by atoms with Crippen molar-refractivity contribution in [2.24, 2.45) is 0 Å². The molecule has 0 aliphatic heterocycles. The van der Waals surface area contributed by atoms with Crippen LogP contribution in [0.5, 0.6) is 0 Å². The fourth-order valence-corrected chi connectivity index (χ4v) is 3.76. The summed E-state index contributed by atoms with van der Waals surface area (Å²) < 4.78 is 29.5. The van der Waals surface area contributed by atoms with Gasteiger partial charge in [0.2, 0.25) is 5.43 Å². The molecule has 3 rings (SSSR count). The van der Waals surface area contributed by atoms with Crippen molar-refractivity contribution in [3.63, 3.8) is 0 Å². The second-order valence-corrected chi connectivity index (χ2v) is 7.88. The molecule has 0 bridgehead atoms. The molecule has 0 fully saturated rings. The molecular weight excluding hydrogens is 392 g/mol. The summed E-state index contributed by atoms with van der Waals surface area (Å²) in [5.74, 6) is -1.16. The Labute approximate surface area is 180 Å². The standard InChI is InChI=1S/C16H12O6S2.Ca.2H/c1-23(20)9-6-11-14(17)10-5-8(16(18)19)3-4-12(10)22-15(11)13(7-9)24(2)21;;;/h3-7H,1-2H3,(H,18,19);;;/q;+2;2*-1. The molecule has 2 atom stereocenters. The van der Waals surface area contributed by atoms with Gasteiger partial charge in [0.15, 0.2) is 5.58 Å². The van der Waals surface area contributed by atoms with E-state index in [4.69, 9.17) is 9.52 Å². The molecule has 0 saturated carbocycles. The number of fused-ring (bicyclic) bond motifs is 2. The Kier molecular flexibility index (Phi) is 6.21. The monoisotopic (exact) mass is 406 g/mol. The van der Waals surface area contributed by atoms with Crippen LogP contribution in [-0.2, 0) is 21.6 Å². The van der Waals surface area contributed by atoms with Gasteiger partial charge in [0, 0.05) is 28.2 Å². The van der Waals surface area contributed by atoms with Gasteiger partial charge in [-0.05, 0) is 30.3 Å². The molecule has 2 aromatic carbocycles. The number of carboxylic acid groups (broad SMARTS) is 1. The van der Waals surface area contributed by atoms with Crippen molar-refractivity contribution >= 4 is 87.2 Å². The van der Waals surface area contributed by atoms with Crippen molar-refractivity contribution in [1.82, 2.24) is 0 Å². The minimum Gasteiger partial charge on any atom is -1.00 e. The number of benzene rings is 2. The first-order valence-corrected chi connectivity index (χ1v) is 9.86. The van der Waals surface area contributed by atoms with E-state index in [-0.39, 0.29) is 73.0 Å². The third kappa shape index (κ3) is 3.73. The molecule has 6 nitrogen and oxygen atoms in total. The van der Waals surface area contributed by atoms with Crippen molar-refractivity contribution < 1.29 is 25.6 Å². The van der Waals surface area contributed by atoms with Gasteiger partial charge in [0.05, 0.1) is 32.0 Å². The van der Waals surface area contributed by atoms with Gasteiger partial charge < -0.3 is 12.4 Å². The Morgan fingerprint density at radius 1 is 1.08 bits per heavy atom. The summed E-state index contributed by atoms with van der Waals surface area (Å²) in [7, 11) is -2.83. The number of carboxylic acids is 1. The zero-order valence-electron chi connectivity index (χ0n) is 15.4. The van der Waals surface area contributed by atoms with Crippen LogP contribution in [0.25, 0.3) is 21.9 Å². The molecule has 1 aromatic heterocycles. The van der Waals surface area contributed by atoms with Crippen LogP contribution in [0.3, 0.4) is 0 Å². The second-order valence-electron chi connectivity index (χ2n) is 5.15. The largest absolute Gasteiger partial charge is 2.00 e. The van der Waals surface area contributed by atoms with Crippen molar-refractivity contribution in [1.29, 1.82) is 0 Å². The van der Waals surface area contributed by atoms with Crippen LogP contribution >= 0.6 is 0 Å². The van der Waals surface area contributed by atoms with Crippen LogP contribution in [0, 0.1) is 0 Å². The average Bonchev–Trinajstić information content (AvgIpc) is 2.53. The number of aromatic carboxylic acids is 1. The smallest absolute Gasteiger partial charge is 1.00 e. The summed E-state index contributed by atoms with van der Waals surface area (Å²) in [6.07, 6.45) is 2.89. The van der Waals surface area contributed by atoms with Gasteiger partial charge in [-0.1, -0.05) is 0 Å². The molecule has 128 valence electrons. The Morgan fingerprint density at radius 2 is 1.76 bits per heavy atom. The predicted octanol–water partition coefficient (Wildman–Crippen LogP) is 1.96. The van der Waals surface area contributed by atoms with Gasteiger partial charge in [-0.2, -0.15) is 0 Å². The van der Waals surface area contributed by atoms with E-state index >= 15 is 0 Å². The molecular formula is C16H14CaO6S2. The van der Waals surface area contributed by atoms with E-state index in [2.05, 4.69) is 0 Å². The third-order valence-electron chi connectivity index (χ3n) is 3.60. The first kappa shape index (κ1) is 20.3. The van der Waals surface area contributed by atoms with Crippen LogP contribution in [-0.4, -0.2) is 69.7 Å². The molecule has 0 aliphatic rings. The maximum atomic E-state index is 12.8. The molecule has 3 aromatic rings. The van der Waals surface area contributed by atoms with Crippen LogP contribution in [0.1, 0.15) is 13.2 Å². The number of hydrogen-bond donors (Lipinski definition) is 1. The zero-order chi connectivity index (χ0) is 17.6. The van der Waals surface area contributed by atoms with Crippen molar-refractivity contribution in [2.45, 2.75) is 9.79 Å². The summed E-state index contributed by atoms with van der Waals surface area (Å²) >= 11 is 0. The van der Waals surface area contributed by atoms with Gasteiger partial charge in [0.25, 0.3) is 0 Å². The summed E-state index contributed by atoms with van der Waals surface area (Å²) in [6.45, 7) is 0. The molecule has 0 amide bonds. The number of rotatable bonds is 3. The molecule has 1 N–H and O–H groups in total. The molecule has 0 aliphatic carbocycles. The normalized spacial score (nSPS) is 13.4. The van der Waals surface area contributed by atoms with Gasteiger partial charge in [-0.3, -0.25) is 13.2 Å². The van der Waals surface area contributed by atoms with E-state index in [1.165, 1.54) is 42.8 Å². The fraction of sp³-hybridized carbons (Fsp3) is 0.125. The van der Waals surface area contributed by atoms with Gasteiger partial charge >= 0.3 is 43.7 Å².